The molecular formula is C18H26N4O3S2. The van der Waals surface area contributed by atoms with E-state index in [1.165, 1.54) is 16.8 Å². The topological polar surface area (TPSA) is 77.4 Å². The number of amides is 2. The van der Waals surface area contributed by atoms with E-state index < -0.39 is 16.9 Å². The SMILES string of the molecule is CCCCNC(=O)N(O)C1N(/N=C/c2ccccc2OC)C(=S)SC1(C)C. The molecule has 1 unspecified atom stereocenters. The summed E-state index contributed by atoms with van der Waals surface area (Å²) in [4.78, 5) is 12.3. The third kappa shape index (κ3) is 5.12. The minimum Gasteiger partial charge on any atom is -0.496 e. The first-order valence-corrected chi connectivity index (χ1v) is 9.99. The number of ether oxygens (including phenoxy) is 1. The van der Waals surface area contributed by atoms with E-state index in [4.69, 9.17) is 17.0 Å². The van der Waals surface area contributed by atoms with E-state index in [2.05, 4.69) is 10.4 Å². The second kappa shape index (κ2) is 9.38. The van der Waals surface area contributed by atoms with Crippen LogP contribution in [0, 0.1) is 0 Å². The van der Waals surface area contributed by atoms with Crippen molar-refractivity contribution < 1.29 is 14.7 Å². The molecule has 0 aliphatic carbocycles. The molecule has 1 aliphatic rings. The van der Waals surface area contributed by atoms with Crippen molar-refractivity contribution in [2.24, 2.45) is 5.10 Å². The standard InChI is InChI=1S/C18H26N4O3S2/c1-5-6-11-19-16(23)22(24)15-18(2,3)27-17(26)21(15)20-12-13-9-7-8-10-14(13)25-4/h7-10,12,15,24H,5-6,11H2,1-4H3,(H,19,23)/b20-12+. The fraction of sp³-hybridized carbons (Fsp3) is 0.500. The normalized spacial score (nSPS) is 18.8. The van der Waals surface area contributed by atoms with Gasteiger partial charge in [0, 0.05) is 12.1 Å². The van der Waals surface area contributed by atoms with Crippen molar-refractivity contribution in [2.75, 3.05) is 13.7 Å². The third-order valence-corrected chi connectivity index (χ3v) is 5.63. The summed E-state index contributed by atoms with van der Waals surface area (Å²) in [5, 5.41) is 19.9. The Hall–Kier alpha value is -1.84. The molecule has 1 aromatic carbocycles. The lowest BCUT2D eigenvalue weighted by molar-refractivity contribution is -0.118. The van der Waals surface area contributed by atoms with Gasteiger partial charge >= 0.3 is 6.03 Å². The Balaban J connectivity index is 2.23. The average Bonchev–Trinajstić information content (AvgIpc) is 2.87. The highest BCUT2D eigenvalue weighted by Crippen LogP contribution is 2.42. The number of unbranched alkanes of at least 4 members (excludes halogenated alkanes) is 1. The number of nitrogens with zero attached hydrogens (tertiary/aromatic N) is 3. The van der Waals surface area contributed by atoms with Crippen molar-refractivity contribution in [3.05, 3.63) is 29.8 Å². The number of para-hydroxylation sites is 1. The molecule has 1 fully saturated rings. The summed E-state index contributed by atoms with van der Waals surface area (Å²) in [5.41, 5.74) is 0.771. The van der Waals surface area contributed by atoms with Gasteiger partial charge < -0.3 is 10.1 Å². The molecule has 0 aromatic heterocycles. The van der Waals surface area contributed by atoms with E-state index in [0.717, 1.165) is 18.4 Å². The van der Waals surface area contributed by atoms with Crippen LogP contribution in [-0.4, -0.2) is 56.4 Å². The van der Waals surface area contributed by atoms with Crippen LogP contribution in [-0.2, 0) is 0 Å². The number of thioether (sulfide) groups is 1. The summed E-state index contributed by atoms with van der Waals surface area (Å²) in [7, 11) is 1.59. The van der Waals surface area contributed by atoms with Crippen LogP contribution in [0.15, 0.2) is 29.4 Å². The Labute approximate surface area is 169 Å². The lowest BCUT2D eigenvalue weighted by Gasteiger charge is -2.34. The minimum absolute atomic E-state index is 0.483. The molecule has 27 heavy (non-hydrogen) atoms. The molecule has 148 valence electrons. The first-order chi connectivity index (χ1) is 12.8. The van der Waals surface area contributed by atoms with Crippen LogP contribution in [0.25, 0.3) is 0 Å². The van der Waals surface area contributed by atoms with Crippen molar-refractivity contribution >= 4 is 40.5 Å². The quantitative estimate of drug-likeness (QED) is 0.235. The van der Waals surface area contributed by atoms with Crippen molar-refractivity contribution in [3.63, 3.8) is 0 Å². The second-order valence-electron chi connectivity index (χ2n) is 6.61. The van der Waals surface area contributed by atoms with Gasteiger partial charge in [0.15, 0.2) is 10.5 Å². The first kappa shape index (κ1) is 21.5. The van der Waals surface area contributed by atoms with Crippen LogP contribution in [0.5, 0.6) is 5.75 Å². The predicted molar refractivity (Wildman–Crippen MR) is 112 cm³/mol. The maximum Gasteiger partial charge on any atom is 0.343 e. The maximum absolute atomic E-state index is 12.3. The highest BCUT2D eigenvalue weighted by atomic mass is 32.2. The van der Waals surface area contributed by atoms with E-state index in [9.17, 15) is 10.0 Å². The fourth-order valence-electron chi connectivity index (χ4n) is 2.69. The van der Waals surface area contributed by atoms with Crippen LogP contribution in [0.2, 0.25) is 0 Å². The molecule has 0 spiro atoms. The largest absolute Gasteiger partial charge is 0.496 e. The Morgan fingerprint density at radius 1 is 1.52 bits per heavy atom. The number of carbonyl (C=O) groups is 1. The van der Waals surface area contributed by atoms with Gasteiger partial charge in [0.2, 0.25) is 0 Å². The van der Waals surface area contributed by atoms with Crippen molar-refractivity contribution in [2.45, 2.75) is 44.5 Å². The van der Waals surface area contributed by atoms with Gasteiger partial charge in [0.1, 0.15) is 5.75 Å². The van der Waals surface area contributed by atoms with E-state index in [1.54, 1.807) is 13.3 Å². The number of benzene rings is 1. The number of nitrogens with one attached hydrogen (secondary N) is 1. The summed E-state index contributed by atoms with van der Waals surface area (Å²) >= 11 is 6.82. The Bertz CT molecular complexity index is 712. The zero-order valence-corrected chi connectivity index (χ0v) is 17.6. The molecule has 1 aromatic rings. The van der Waals surface area contributed by atoms with Crippen LogP contribution >= 0.6 is 24.0 Å². The zero-order chi connectivity index (χ0) is 20.0. The lowest BCUT2D eigenvalue weighted by Crippen LogP contribution is -2.55. The van der Waals surface area contributed by atoms with E-state index in [0.29, 0.717) is 21.7 Å². The number of carbonyl (C=O) groups excluding carboxylic acids is 1. The number of hydrazone groups is 1. The van der Waals surface area contributed by atoms with Gasteiger partial charge in [-0.1, -0.05) is 49.5 Å². The Morgan fingerprint density at radius 2 is 2.22 bits per heavy atom. The summed E-state index contributed by atoms with van der Waals surface area (Å²) < 4.78 is 5.27. The van der Waals surface area contributed by atoms with Gasteiger partial charge in [0.05, 0.1) is 18.1 Å². The molecule has 2 rings (SSSR count). The Kier molecular flexibility index (Phi) is 7.46. The number of urea groups is 1. The van der Waals surface area contributed by atoms with Gasteiger partial charge in [-0.2, -0.15) is 10.2 Å². The van der Waals surface area contributed by atoms with E-state index >= 15 is 0 Å². The van der Waals surface area contributed by atoms with Gasteiger partial charge in [-0.25, -0.2) is 9.80 Å². The monoisotopic (exact) mass is 410 g/mol. The summed E-state index contributed by atoms with van der Waals surface area (Å²) in [5.74, 6) is 0.674. The van der Waals surface area contributed by atoms with Crippen molar-refractivity contribution in [1.82, 2.24) is 15.4 Å². The number of thiocarbonyl (C=S) groups is 1. The molecule has 9 heteroatoms. The summed E-state index contributed by atoms with van der Waals surface area (Å²) in [6.07, 6.45) is 2.68. The minimum atomic E-state index is -0.734. The summed E-state index contributed by atoms with van der Waals surface area (Å²) in [6, 6.07) is 6.88. The summed E-state index contributed by atoms with van der Waals surface area (Å²) in [6.45, 7) is 6.36. The number of hydroxylamine groups is 2. The third-order valence-electron chi connectivity index (χ3n) is 4.10. The molecule has 2 N–H and O–H groups in total. The molecule has 0 saturated carbocycles. The van der Waals surface area contributed by atoms with Crippen LogP contribution in [0.1, 0.15) is 39.2 Å². The van der Waals surface area contributed by atoms with Gasteiger partial charge in [-0.3, -0.25) is 5.21 Å². The molecule has 2 amide bonds. The number of rotatable bonds is 7. The molecule has 1 atom stereocenters. The molecule has 0 bridgehead atoms. The highest BCUT2D eigenvalue weighted by Gasteiger charge is 2.49. The number of hydrogen-bond donors (Lipinski definition) is 2. The van der Waals surface area contributed by atoms with Crippen LogP contribution in [0.4, 0.5) is 4.79 Å². The van der Waals surface area contributed by atoms with E-state index in [1.807, 2.05) is 45.0 Å². The van der Waals surface area contributed by atoms with Crippen LogP contribution < -0.4 is 10.1 Å². The molecule has 1 heterocycles. The average molecular weight is 411 g/mol. The molecule has 1 aliphatic heterocycles. The van der Waals surface area contributed by atoms with Gasteiger partial charge in [0.25, 0.3) is 0 Å². The fourth-order valence-corrected chi connectivity index (χ4v) is 4.48. The van der Waals surface area contributed by atoms with Gasteiger partial charge in [-0.15, -0.1) is 0 Å². The Morgan fingerprint density at radius 3 is 2.89 bits per heavy atom. The van der Waals surface area contributed by atoms with Crippen molar-refractivity contribution in [1.29, 1.82) is 0 Å². The van der Waals surface area contributed by atoms with Gasteiger partial charge in [-0.05, 0) is 32.4 Å². The predicted octanol–water partition coefficient (Wildman–Crippen LogP) is 3.67. The smallest absolute Gasteiger partial charge is 0.343 e. The zero-order valence-electron chi connectivity index (χ0n) is 16.0. The molecule has 0 radical (unpaired) electrons. The number of hydrogen-bond acceptors (Lipinski definition) is 6. The lowest BCUT2D eigenvalue weighted by atomic mass is 10.1. The van der Waals surface area contributed by atoms with E-state index in [-0.39, 0.29) is 0 Å². The van der Waals surface area contributed by atoms with Crippen molar-refractivity contribution in [3.8, 4) is 5.75 Å². The molecular weight excluding hydrogens is 384 g/mol. The highest BCUT2D eigenvalue weighted by molar-refractivity contribution is 8.24. The number of methoxy groups -OCH3 is 1. The maximum atomic E-state index is 12.3. The molecule has 7 nitrogen and oxygen atoms in total. The molecule has 1 saturated heterocycles. The van der Waals surface area contributed by atoms with Crippen LogP contribution in [0.3, 0.4) is 0 Å². The second-order valence-corrected chi connectivity index (χ2v) is 8.89. The first-order valence-electron chi connectivity index (χ1n) is 8.77.